The van der Waals surface area contributed by atoms with Crippen LogP contribution in [0.5, 0.6) is 11.5 Å². The SMILES string of the molecule is Oc1ccc(-c2nc(Cc3ccccc3Cl)no2)cc1O. The molecule has 1 heterocycles. The first-order chi connectivity index (χ1) is 10.1. The number of hydrogen-bond donors (Lipinski definition) is 2. The summed E-state index contributed by atoms with van der Waals surface area (Å²) in [5.74, 6) is 0.325. The van der Waals surface area contributed by atoms with Gasteiger partial charge in [-0.25, -0.2) is 0 Å². The molecule has 0 amide bonds. The van der Waals surface area contributed by atoms with Gasteiger partial charge in [-0.05, 0) is 29.8 Å². The molecule has 106 valence electrons. The van der Waals surface area contributed by atoms with E-state index in [1.165, 1.54) is 12.1 Å². The molecule has 3 aromatic rings. The third-order valence-electron chi connectivity index (χ3n) is 3.00. The van der Waals surface area contributed by atoms with Crippen LogP contribution in [0.2, 0.25) is 5.02 Å². The van der Waals surface area contributed by atoms with Crippen LogP contribution >= 0.6 is 11.6 Å². The molecule has 0 saturated heterocycles. The predicted octanol–water partition coefficient (Wildman–Crippen LogP) is 3.39. The first kappa shape index (κ1) is 13.5. The molecule has 0 bridgehead atoms. The van der Waals surface area contributed by atoms with Crippen molar-refractivity contribution < 1.29 is 14.7 Å². The lowest BCUT2D eigenvalue weighted by molar-refractivity contribution is 0.402. The van der Waals surface area contributed by atoms with Gasteiger partial charge in [0.05, 0.1) is 0 Å². The van der Waals surface area contributed by atoms with E-state index < -0.39 is 0 Å². The van der Waals surface area contributed by atoms with E-state index in [0.29, 0.717) is 22.8 Å². The topological polar surface area (TPSA) is 79.4 Å². The Labute approximate surface area is 125 Å². The number of rotatable bonds is 3. The van der Waals surface area contributed by atoms with E-state index in [1.54, 1.807) is 12.1 Å². The molecule has 0 radical (unpaired) electrons. The third-order valence-corrected chi connectivity index (χ3v) is 3.37. The van der Waals surface area contributed by atoms with Crippen molar-refractivity contribution in [2.75, 3.05) is 0 Å². The number of benzene rings is 2. The fourth-order valence-corrected chi connectivity index (χ4v) is 2.11. The zero-order chi connectivity index (χ0) is 14.8. The second kappa shape index (κ2) is 5.46. The first-order valence-electron chi connectivity index (χ1n) is 6.22. The van der Waals surface area contributed by atoms with Crippen LogP contribution in [0.4, 0.5) is 0 Å². The molecular formula is C15H11ClN2O3. The second-order valence-corrected chi connectivity index (χ2v) is 4.89. The van der Waals surface area contributed by atoms with E-state index >= 15 is 0 Å². The van der Waals surface area contributed by atoms with Crippen molar-refractivity contribution >= 4 is 11.6 Å². The van der Waals surface area contributed by atoms with E-state index in [0.717, 1.165) is 5.56 Å². The van der Waals surface area contributed by atoms with Crippen LogP contribution < -0.4 is 0 Å². The number of hydrogen-bond acceptors (Lipinski definition) is 5. The molecule has 0 aliphatic rings. The third kappa shape index (κ3) is 2.83. The Balaban J connectivity index is 1.86. The number of nitrogens with zero attached hydrogens (tertiary/aromatic N) is 2. The summed E-state index contributed by atoms with van der Waals surface area (Å²) in [4.78, 5) is 4.26. The highest BCUT2D eigenvalue weighted by Crippen LogP contribution is 2.30. The fourth-order valence-electron chi connectivity index (χ4n) is 1.91. The summed E-state index contributed by atoms with van der Waals surface area (Å²) < 4.78 is 5.16. The van der Waals surface area contributed by atoms with Crippen molar-refractivity contribution in [2.45, 2.75) is 6.42 Å². The first-order valence-corrected chi connectivity index (χ1v) is 6.59. The fraction of sp³-hybridized carbons (Fsp3) is 0.0667. The van der Waals surface area contributed by atoms with Gasteiger partial charge in [0.2, 0.25) is 0 Å². The number of aromatic nitrogens is 2. The molecule has 3 rings (SSSR count). The van der Waals surface area contributed by atoms with Crippen LogP contribution in [-0.4, -0.2) is 20.4 Å². The van der Waals surface area contributed by atoms with Crippen LogP contribution in [0.25, 0.3) is 11.5 Å². The molecule has 0 aliphatic carbocycles. The van der Waals surface area contributed by atoms with Crippen LogP contribution in [0.3, 0.4) is 0 Å². The van der Waals surface area contributed by atoms with Crippen LogP contribution in [-0.2, 0) is 6.42 Å². The zero-order valence-electron chi connectivity index (χ0n) is 10.8. The maximum Gasteiger partial charge on any atom is 0.258 e. The summed E-state index contributed by atoms with van der Waals surface area (Å²) in [6.07, 6.45) is 0.452. The number of halogens is 1. The molecule has 0 saturated carbocycles. The molecule has 0 atom stereocenters. The van der Waals surface area contributed by atoms with E-state index in [9.17, 15) is 10.2 Å². The van der Waals surface area contributed by atoms with Gasteiger partial charge in [-0.1, -0.05) is 35.0 Å². The lowest BCUT2D eigenvalue weighted by Crippen LogP contribution is -1.91. The molecule has 0 spiro atoms. The summed E-state index contributed by atoms with van der Waals surface area (Å²) >= 11 is 6.09. The normalized spacial score (nSPS) is 10.7. The highest BCUT2D eigenvalue weighted by Gasteiger charge is 2.12. The van der Waals surface area contributed by atoms with Gasteiger partial charge < -0.3 is 14.7 Å². The minimum atomic E-state index is -0.238. The van der Waals surface area contributed by atoms with Gasteiger partial charge in [-0.3, -0.25) is 0 Å². The summed E-state index contributed by atoms with van der Waals surface area (Å²) in [6, 6.07) is 11.8. The molecule has 2 N–H and O–H groups in total. The van der Waals surface area contributed by atoms with Gasteiger partial charge in [-0.2, -0.15) is 4.98 Å². The second-order valence-electron chi connectivity index (χ2n) is 4.49. The standard InChI is InChI=1S/C15H11ClN2O3/c16-11-4-2-1-3-9(11)8-14-17-15(21-18-14)10-5-6-12(19)13(20)7-10/h1-7,19-20H,8H2. The number of aromatic hydroxyl groups is 2. The molecule has 6 heteroatoms. The van der Waals surface area contributed by atoms with Crippen LogP contribution in [0, 0.1) is 0 Å². The Kier molecular flexibility index (Phi) is 3.50. The lowest BCUT2D eigenvalue weighted by Gasteiger charge is -1.99. The minimum absolute atomic E-state index is 0.199. The van der Waals surface area contributed by atoms with E-state index in [1.807, 2.05) is 18.2 Å². The van der Waals surface area contributed by atoms with Crippen LogP contribution in [0.15, 0.2) is 47.0 Å². The van der Waals surface area contributed by atoms with Crippen molar-refractivity contribution in [3.8, 4) is 23.0 Å². The van der Waals surface area contributed by atoms with Crippen molar-refractivity contribution in [1.82, 2.24) is 10.1 Å². The van der Waals surface area contributed by atoms with Gasteiger partial charge in [0, 0.05) is 17.0 Å². The molecule has 0 unspecified atom stereocenters. The van der Waals surface area contributed by atoms with Gasteiger partial charge in [0.1, 0.15) is 0 Å². The van der Waals surface area contributed by atoms with Crippen molar-refractivity contribution in [3.63, 3.8) is 0 Å². The quantitative estimate of drug-likeness (QED) is 0.725. The van der Waals surface area contributed by atoms with Crippen molar-refractivity contribution in [2.24, 2.45) is 0 Å². The average Bonchev–Trinajstić information content (AvgIpc) is 2.93. The lowest BCUT2D eigenvalue weighted by atomic mass is 10.1. The monoisotopic (exact) mass is 302 g/mol. The van der Waals surface area contributed by atoms with E-state index in [4.69, 9.17) is 16.1 Å². The maximum absolute atomic E-state index is 9.48. The smallest absolute Gasteiger partial charge is 0.258 e. The molecule has 5 nitrogen and oxygen atoms in total. The average molecular weight is 303 g/mol. The summed E-state index contributed by atoms with van der Waals surface area (Å²) in [6.45, 7) is 0. The predicted molar refractivity (Wildman–Crippen MR) is 77.3 cm³/mol. The highest BCUT2D eigenvalue weighted by atomic mass is 35.5. The molecule has 21 heavy (non-hydrogen) atoms. The Morgan fingerprint density at radius 3 is 2.62 bits per heavy atom. The molecule has 2 aromatic carbocycles. The summed E-state index contributed by atoms with van der Waals surface area (Å²) in [7, 11) is 0. The number of phenolic OH excluding ortho intramolecular Hbond substituents is 2. The Hall–Kier alpha value is -2.53. The van der Waals surface area contributed by atoms with Crippen LogP contribution in [0.1, 0.15) is 11.4 Å². The number of phenols is 2. The minimum Gasteiger partial charge on any atom is -0.504 e. The Morgan fingerprint density at radius 2 is 1.86 bits per heavy atom. The van der Waals surface area contributed by atoms with Gasteiger partial charge in [-0.15, -0.1) is 0 Å². The van der Waals surface area contributed by atoms with Gasteiger partial charge in [0.25, 0.3) is 5.89 Å². The molecular weight excluding hydrogens is 292 g/mol. The Morgan fingerprint density at radius 1 is 1.05 bits per heavy atom. The largest absolute Gasteiger partial charge is 0.504 e. The molecule has 0 fully saturated rings. The van der Waals surface area contributed by atoms with E-state index in [2.05, 4.69) is 10.1 Å². The zero-order valence-corrected chi connectivity index (χ0v) is 11.6. The van der Waals surface area contributed by atoms with Gasteiger partial charge in [0.15, 0.2) is 17.3 Å². The van der Waals surface area contributed by atoms with E-state index in [-0.39, 0.29) is 17.4 Å². The van der Waals surface area contributed by atoms with Gasteiger partial charge >= 0.3 is 0 Å². The summed E-state index contributed by atoms with van der Waals surface area (Å²) in [5, 5.41) is 23.3. The Bertz CT molecular complexity index is 786. The maximum atomic E-state index is 9.48. The summed E-state index contributed by atoms with van der Waals surface area (Å²) in [5.41, 5.74) is 1.43. The highest BCUT2D eigenvalue weighted by molar-refractivity contribution is 6.31. The molecule has 1 aromatic heterocycles. The van der Waals surface area contributed by atoms with Crippen molar-refractivity contribution in [1.29, 1.82) is 0 Å². The molecule has 0 aliphatic heterocycles. The van der Waals surface area contributed by atoms with Crippen molar-refractivity contribution in [3.05, 3.63) is 58.9 Å².